The molecule has 5 nitrogen and oxygen atoms in total. The molecule has 1 heterocycles. The second-order valence-corrected chi connectivity index (χ2v) is 8.28. The van der Waals surface area contributed by atoms with Crippen molar-refractivity contribution >= 4 is 11.5 Å². The minimum atomic E-state index is -4.95. The lowest BCUT2D eigenvalue weighted by Crippen LogP contribution is -2.58. The molecule has 192 valence electrons. The van der Waals surface area contributed by atoms with E-state index < -0.39 is 42.2 Å². The first-order valence-electron chi connectivity index (χ1n) is 10.8. The summed E-state index contributed by atoms with van der Waals surface area (Å²) in [6, 6.07) is 10.9. The maximum absolute atomic E-state index is 14.6. The Morgan fingerprint density at radius 2 is 1.75 bits per heavy atom. The molecule has 0 bridgehead atoms. The molecular weight excluding hydrogens is 490 g/mol. The van der Waals surface area contributed by atoms with Crippen LogP contribution in [0.1, 0.15) is 36.0 Å². The van der Waals surface area contributed by atoms with Gasteiger partial charge in [-0.05, 0) is 59.9 Å². The lowest BCUT2D eigenvalue weighted by molar-refractivity contribution is -0.201. The molecule has 0 saturated carbocycles. The number of carbonyl (C=O) groups excluding carboxylic acids is 1. The molecule has 1 aliphatic heterocycles. The quantitative estimate of drug-likeness (QED) is 0.366. The van der Waals surface area contributed by atoms with Crippen LogP contribution in [0.4, 0.5) is 26.3 Å². The summed E-state index contributed by atoms with van der Waals surface area (Å²) in [5, 5.41) is 11.5. The summed E-state index contributed by atoms with van der Waals surface area (Å²) in [4.78, 5) is 12.7. The van der Waals surface area contributed by atoms with Gasteiger partial charge in [0.25, 0.3) is 5.91 Å². The maximum Gasteiger partial charge on any atom is 0.416 e. The van der Waals surface area contributed by atoms with Crippen molar-refractivity contribution in [3.8, 4) is 17.6 Å². The zero-order chi connectivity index (χ0) is 26.7. The molecule has 1 aliphatic rings. The van der Waals surface area contributed by atoms with Crippen LogP contribution < -0.4 is 14.8 Å². The molecule has 0 radical (unpaired) electrons. The molecule has 0 spiro atoms. The molecule has 2 aromatic rings. The van der Waals surface area contributed by atoms with E-state index in [1.165, 1.54) is 25.3 Å². The van der Waals surface area contributed by atoms with Gasteiger partial charge >= 0.3 is 12.4 Å². The van der Waals surface area contributed by atoms with Gasteiger partial charge in [-0.15, -0.1) is 0 Å². The molecule has 0 aliphatic carbocycles. The summed E-state index contributed by atoms with van der Waals surface area (Å²) < 4.78 is 90.9. The monoisotopic (exact) mass is 512 g/mol. The van der Waals surface area contributed by atoms with Crippen LogP contribution in [-0.2, 0) is 10.3 Å². The third-order valence-electron chi connectivity index (χ3n) is 5.86. The highest BCUT2D eigenvalue weighted by Crippen LogP contribution is 2.48. The van der Waals surface area contributed by atoms with Gasteiger partial charge in [-0.25, -0.2) is 0 Å². The Morgan fingerprint density at radius 3 is 2.28 bits per heavy atom. The molecule has 1 unspecified atom stereocenters. The summed E-state index contributed by atoms with van der Waals surface area (Å²) in [5.74, 6) is -0.595. The molecule has 36 heavy (non-hydrogen) atoms. The average Bonchev–Trinajstić information content (AvgIpc) is 2.80. The average molecular weight is 512 g/mol. The van der Waals surface area contributed by atoms with E-state index >= 15 is 0 Å². The summed E-state index contributed by atoms with van der Waals surface area (Å²) in [6.07, 6.45) is -11.4. The van der Waals surface area contributed by atoms with Gasteiger partial charge in [0.05, 0.1) is 13.7 Å². The first kappa shape index (κ1) is 26.9. The second kappa shape index (κ2) is 10.1. The Kier molecular flexibility index (Phi) is 7.57. The standard InChI is InChI=1S/C25H22F6N2O3/c1-15-12-16(4-9-21(15)35-2)19-13-23(25(29,30)31,33-22(34)20(19)14-32)17-5-7-18(8-6-17)36-11-3-10-24(26,27)28/h4-9,12H,3,10-11,13H2,1-2H3,(H,33,34). The number of nitriles is 1. The number of methoxy groups -OCH3 is 1. The number of aryl methyl sites for hydroxylation is 1. The van der Waals surface area contributed by atoms with E-state index in [4.69, 9.17) is 9.47 Å². The van der Waals surface area contributed by atoms with Crippen LogP contribution in [0.25, 0.3) is 5.57 Å². The number of halogens is 6. The molecule has 1 amide bonds. The summed E-state index contributed by atoms with van der Waals surface area (Å²) >= 11 is 0. The molecular formula is C25H22F6N2O3. The van der Waals surface area contributed by atoms with Gasteiger partial charge in [-0.2, -0.15) is 31.6 Å². The van der Waals surface area contributed by atoms with E-state index in [1.807, 2.05) is 5.32 Å². The number of carbonyl (C=O) groups is 1. The predicted molar refractivity (Wildman–Crippen MR) is 118 cm³/mol. The first-order chi connectivity index (χ1) is 16.8. The largest absolute Gasteiger partial charge is 0.496 e. The smallest absolute Gasteiger partial charge is 0.416 e. The Hall–Kier alpha value is -3.68. The maximum atomic E-state index is 14.6. The van der Waals surface area contributed by atoms with Crippen molar-refractivity contribution in [2.24, 2.45) is 0 Å². The number of ether oxygens (including phenoxy) is 2. The molecule has 2 aromatic carbocycles. The highest BCUT2D eigenvalue weighted by molar-refractivity contribution is 6.07. The van der Waals surface area contributed by atoms with Gasteiger partial charge in [-0.1, -0.05) is 18.2 Å². The van der Waals surface area contributed by atoms with Crippen molar-refractivity contribution in [1.29, 1.82) is 5.26 Å². The number of rotatable bonds is 7. The highest BCUT2D eigenvalue weighted by Gasteiger charge is 2.59. The van der Waals surface area contributed by atoms with Crippen LogP contribution in [0, 0.1) is 18.3 Å². The van der Waals surface area contributed by atoms with Crippen LogP contribution in [0.2, 0.25) is 0 Å². The van der Waals surface area contributed by atoms with E-state index in [0.29, 0.717) is 11.3 Å². The third kappa shape index (κ3) is 5.58. The molecule has 0 fully saturated rings. The van der Waals surface area contributed by atoms with Gasteiger partial charge in [0, 0.05) is 12.8 Å². The number of benzene rings is 2. The molecule has 1 atom stereocenters. The lowest BCUT2D eigenvalue weighted by atomic mass is 9.76. The van der Waals surface area contributed by atoms with Gasteiger partial charge in [0.1, 0.15) is 23.1 Å². The van der Waals surface area contributed by atoms with E-state index in [2.05, 4.69) is 0 Å². The molecule has 11 heteroatoms. The Morgan fingerprint density at radius 1 is 1.08 bits per heavy atom. The fourth-order valence-corrected chi connectivity index (χ4v) is 4.03. The SMILES string of the molecule is COc1ccc(C2=C(C#N)C(=O)NC(c3ccc(OCCCC(F)(F)F)cc3)(C(F)(F)F)C2)cc1C. The second-order valence-electron chi connectivity index (χ2n) is 8.28. The Bertz CT molecular complexity index is 1200. The minimum absolute atomic E-state index is 0.0724. The fourth-order valence-electron chi connectivity index (χ4n) is 4.03. The summed E-state index contributed by atoms with van der Waals surface area (Å²) in [7, 11) is 1.44. The van der Waals surface area contributed by atoms with Crippen molar-refractivity contribution in [1.82, 2.24) is 5.32 Å². The predicted octanol–water partition coefficient (Wildman–Crippen LogP) is 5.98. The normalized spacial score (nSPS) is 18.5. The number of hydrogen-bond acceptors (Lipinski definition) is 4. The van der Waals surface area contributed by atoms with Crippen molar-refractivity contribution in [2.75, 3.05) is 13.7 Å². The van der Waals surface area contributed by atoms with Crippen LogP contribution in [0.5, 0.6) is 11.5 Å². The number of nitrogens with one attached hydrogen (secondary N) is 1. The zero-order valence-electron chi connectivity index (χ0n) is 19.3. The Balaban J connectivity index is 1.97. The molecule has 0 aromatic heterocycles. The van der Waals surface area contributed by atoms with Crippen molar-refractivity contribution in [2.45, 2.75) is 44.1 Å². The number of alkyl halides is 6. The topological polar surface area (TPSA) is 71.3 Å². The third-order valence-corrected chi connectivity index (χ3v) is 5.86. The summed E-state index contributed by atoms with van der Waals surface area (Å²) in [5.41, 5.74) is -2.78. The van der Waals surface area contributed by atoms with E-state index in [-0.39, 0.29) is 35.5 Å². The molecule has 1 N–H and O–H groups in total. The van der Waals surface area contributed by atoms with Crippen LogP contribution in [-0.4, -0.2) is 32.0 Å². The van der Waals surface area contributed by atoms with Crippen molar-refractivity contribution in [3.05, 3.63) is 64.7 Å². The van der Waals surface area contributed by atoms with E-state index in [9.17, 15) is 36.4 Å². The lowest BCUT2D eigenvalue weighted by Gasteiger charge is -2.40. The van der Waals surface area contributed by atoms with Crippen molar-refractivity contribution in [3.63, 3.8) is 0 Å². The Labute approximate surface area is 203 Å². The fraction of sp³-hybridized carbons (Fsp3) is 0.360. The van der Waals surface area contributed by atoms with Gasteiger partial charge in [0.2, 0.25) is 0 Å². The van der Waals surface area contributed by atoms with Gasteiger partial charge in [-0.3, -0.25) is 4.79 Å². The van der Waals surface area contributed by atoms with E-state index in [0.717, 1.165) is 12.1 Å². The summed E-state index contributed by atoms with van der Waals surface area (Å²) in [6.45, 7) is 1.41. The highest BCUT2D eigenvalue weighted by atomic mass is 19.4. The first-order valence-corrected chi connectivity index (χ1v) is 10.8. The molecule has 0 saturated heterocycles. The van der Waals surface area contributed by atoms with Crippen LogP contribution in [0.15, 0.2) is 48.0 Å². The molecule has 3 rings (SSSR count). The van der Waals surface area contributed by atoms with Crippen LogP contribution >= 0.6 is 0 Å². The number of hydrogen-bond donors (Lipinski definition) is 1. The van der Waals surface area contributed by atoms with Gasteiger partial charge < -0.3 is 14.8 Å². The number of amides is 1. The minimum Gasteiger partial charge on any atom is -0.496 e. The van der Waals surface area contributed by atoms with Crippen molar-refractivity contribution < 1.29 is 40.6 Å². The zero-order valence-corrected chi connectivity index (χ0v) is 19.3. The number of nitrogens with zero attached hydrogens (tertiary/aromatic N) is 1. The van der Waals surface area contributed by atoms with Crippen LogP contribution in [0.3, 0.4) is 0 Å². The van der Waals surface area contributed by atoms with E-state index in [1.54, 1.807) is 25.1 Å². The van der Waals surface area contributed by atoms with Gasteiger partial charge in [0.15, 0.2) is 5.54 Å².